The minimum atomic E-state index is -0.530. The van der Waals surface area contributed by atoms with E-state index in [1.165, 1.54) is 0 Å². The Bertz CT molecular complexity index is 1350. The van der Waals surface area contributed by atoms with Crippen LogP contribution >= 0.6 is 0 Å². The van der Waals surface area contributed by atoms with Gasteiger partial charge in [0.25, 0.3) is 0 Å². The van der Waals surface area contributed by atoms with E-state index < -0.39 is 5.82 Å². The molecule has 33 heavy (non-hydrogen) atoms. The molecule has 166 valence electrons. The lowest BCUT2D eigenvalue weighted by Crippen LogP contribution is -2.30. The largest absolute Gasteiger partial charge is 0.335 e. The molecule has 1 aliphatic rings. The van der Waals surface area contributed by atoms with Crippen LogP contribution in [-0.4, -0.2) is 32.0 Å². The Balaban J connectivity index is 1.35. The van der Waals surface area contributed by atoms with Crippen molar-refractivity contribution in [3.63, 3.8) is 0 Å². The SMILES string of the molecule is Cc1nc2ccc(-c3nc(Nc4ccc(NC(=O)NC5CC5)cc4)ncc3F)cc2nc1C. The number of aromatic nitrogens is 4. The number of carbonyl (C=O) groups is 1. The van der Waals surface area contributed by atoms with Gasteiger partial charge in [0.1, 0.15) is 5.69 Å². The smallest absolute Gasteiger partial charge is 0.319 e. The van der Waals surface area contributed by atoms with Crippen molar-refractivity contribution >= 4 is 34.4 Å². The Labute approximate surface area is 189 Å². The second kappa shape index (κ2) is 8.42. The van der Waals surface area contributed by atoms with Crippen LogP contribution in [0.4, 0.5) is 26.5 Å². The lowest BCUT2D eigenvalue weighted by atomic mass is 10.1. The first-order valence-corrected chi connectivity index (χ1v) is 10.7. The van der Waals surface area contributed by atoms with Gasteiger partial charge in [-0.15, -0.1) is 0 Å². The highest BCUT2D eigenvalue weighted by Crippen LogP contribution is 2.26. The van der Waals surface area contributed by atoms with E-state index in [-0.39, 0.29) is 17.7 Å². The van der Waals surface area contributed by atoms with Crippen LogP contribution in [0.5, 0.6) is 0 Å². The second-order valence-corrected chi connectivity index (χ2v) is 8.06. The molecule has 9 heteroatoms. The molecule has 0 spiro atoms. The van der Waals surface area contributed by atoms with Crippen molar-refractivity contribution in [3.8, 4) is 11.3 Å². The van der Waals surface area contributed by atoms with E-state index in [1.54, 1.807) is 36.4 Å². The highest BCUT2D eigenvalue weighted by molar-refractivity contribution is 5.89. The van der Waals surface area contributed by atoms with Gasteiger partial charge in [0.2, 0.25) is 5.95 Å². The lowest BCUT2D eigenvalue weighted by Gasteiger charge is -2.10. The van der Waals surface area contributed by atoms with E-state index >= 15 is 0 Å². The molecule has 0 bridgehead atoms. The number of fused-ring (bicyclic) bond motifs is 1. The first-order valence-electron chi connectivity index (χ1n) is 10.7. The minimum Gasteiger partial charge on any atom is -0.335 e. The van der Waals surface area contributed by atoms with Crippen molar-refractivity contribution in [3.05, 3.63) is 65.9 Å². The van der Waals surface area contributed by atoms with Gasteiger partial charge in [0.05, 0.1) is 28.6 Å². The van der Waals surface area contributed by atoms with E-state index in [0.29, 0.717) is 28.5 Å². The van der Waals surface area contributed by atoms with Crippen LogP contribution in [-0.2, 0) is 0 Å². The van der Waals surface area contributed by atoms with Crippen LogP contribution < -0.4 is 16.0 Å². The first kappa shape index (κ1) is 20.7. The van der Waals surface area contributed by atoms with Crippen molar-refractivity contribution in [1.29, 1.82) is 0 Å². The Morgan fingerprint density at radius 3 is 2.36 bits per heavy atom. The summed E-state index contributed by atoms with van der Waals surface area (Å²) >= 11 is 0. The molecule has 0 saturated heterocycles. The maximum atomic E-state index is 14.6. The lowest BCUT2D eigenvalue weighted by molar-refractivity contribution is 0.251. The maximum absolute atomic E-state index is 14.6. The molecule has 1 fully saturated rings. The third-order valence-corrected chi connectivity index (χ3v) is 5.40. The van der Waals surface area contributed by atoms with Gasteiger partial charge in [-0.2, -0.15) is 0 Å². The molecule has 4 aromatic rings. The summed E-state index contributed by atoms with van der Waals surface area (Å²) in [7, 11) is 0. The number of urea groups is 1. The van der Waals surface area contributed by atoms with Gasteiger partial charge in [0, 0.05) is 23.0 Å². The number of hydrogen-bond acceptors (Lipinski definition) is 6. The van der Waals surface area contributed by atoms with E-state index in [0.717, 1.165) is 35.9 Å². The number of amides is 2. The zero-order chi connectivity index (χ0) is 22.9. The maximum Gasteiger partial charge on any atom is 0.319 e. The fraction of sp³-hybridized carbons (Fsp3) is 0.208. The van der Waals surface area contributed by atoms with Crippen molar-refractivity contribution in [2.75, 3.05) is 10.6 Å². The Morgan fingerprint density at radius 2 is 1.64 bits per heavy atom. The summed E-state index contributed by atoms with van der Waals surface area (Å²) in [6.45, 7) is 3.80. The van der Waals surface area contributed by atoms with Gasteiger partial charge < -0.3 is 16.0 Å². The fourth-order valence-electron chi connectivity index (χ4n) is 3.35. The number of halogens is 1. The van der Waals surface area contributed by atoms with Crippen LogP contribution in [0.15, 0.2) is 48.7 Å². The van der Waals surface area contributed by atoms with Gasteiger partial charge in [-0.1, -0.05) is 6.07 Å². The van der Waals surface area contributed by atoms with E-state index in [1.807, 2.05) is 19.9 Å². The van der Waals surface area contributed by atoms with Crippen LogP contribution in [0.2, 0.25) is 0 Å². The number of hydrogen-bond donors (Lipinski definition) is 3. The number of nitrogens with zero attached hydrogens (tertiary/aromatic N) is 4. The summed E-state index contributed by atoms with van der Waals surface area (Å²) in [5.41, 5.74) is 5.24. The van der Waals surface area contributed by atoms with Gasteiger partial charge in [-0.25, -0.2) is 29.1 Å². The molecule has 1 aliphatic carbocycles. The molecular formula is C24H22FN7O. The van der Waals surface area contributed by atoms with E-state index in [4.69, 9.17) is 0 Å². The van der Waals surface area contributed by atoms with E-state index in [2.05, 4.69) is 35.9 Å². The Hall–Kier alpha value is -4.14. The number of aryl methyl sites for hydroxylation is 2. The van der Waals surface area contributed by atoms with Crippen LogP contribution in [0, 0.1) is 19.7 Å². The number of rotatable bonds is 5. The molecule has 0 radical (unpaired) electrons. The zero-order valence-corrected chi connectivity index (χ0v) is 18.2. The molecule has 2 aromatic carbocycles. The summed E-state index contributed by atoms with van der Waals surface area (Å²) in [5, 5.41) is 8.74. The van der Waals surface area contributed by atoms with Crippen molar-refractivity contribution in [2.45, 2.75) is 32.7 Å². The Morgan fingerprint density at radius 1 is 0.939 bits per heavy atom. The molecule has 2 heterocycles. The van der Waals surface area contributed by atoms with Gasteiger partial charge >= 0.3 is 6.03 Å². The molecule has 5 rings (SSSR count). The average molecular weight is 443 g/mol. The highest BCUT2D eigenvalue weighted by Gasteiger charge is 2.23. The van der Waals surface area contributed by atoms with Crippen molar-refractivity contribution in [2.24, 2.45) is 0 Å². The highest BCUT2D eigenvalue weighted by atomic mass is 19.1. The van der Waals surface area contributed by atoms with Crippen LogP contribution in [0.25, 0.3) is 22.3 Å². The first-order chi connectivity index (χ1) is 15.9. The topological polar surface area (TPSA) is 105 Å². The fourth-order valence-corrected chi connectivity index (χ4v) is 3.35. The van der Waals surface area contributed by atoms with Crippen molar-refractivity contribution in [1.82, 2.24) is 25.3 Å². The summed E-state index contributed by atoms with van der Waals surface area (Å²) in [6.07, 6.45) is 3.20. The molecule has 3 N–H and O–H groups in total. The van der Waals surface area contributed by atoms with Gasteiger partial charge in [0.15, 0.2) is 5.82 Å². The summed E-state index contributed by atoms with van der Waals surface area (Å²) < 4.78 is 14.6. The third kappa shape index (κ3) is 4.72. The van der Waals surface area contributed by atoms with Crippen LogP contribution in [0.3, 0.4) is 0 Å². The van der Waals surface area contributed by atoms with Crippen molar-refractivity contribution < 1.29 is 9.18 Å². The molecule has 0 atom stereocenters. The number of benzene rings is 2. The Kier molecular flexibility index (Phi) is 5.29. The minimum absolute atomic E-state index is 0.171. The molecule has 2 amide bonds. The average Bonchev–Trinajstić information content (AvgIpc) is 3.61. The molecule has 2 aromatic heterocycles. The predicted octanol–water partition coefficient (Wildman–Crippen LogP) is 4.87. The number of nitrogens with one attached hydrogen (secondary N) is 3. The zero-order valence-electron chi connectivity index (χ0n) is 18.2. The standard InChI is InChI=1S/C24H22FN7O/c1-13-14(2)28-21-11-15(3-10-20(21)27-13)22-19(25)12-26-23(32-22)29-16-4-6-17(7-5-16)30-24(33)31-18-8-9-18/h3-7,10-12,18H,8-9H2,1-2H3,(H,26,29,32)(H2,30,31,33). The molecule has 8 nitrogen and oxygen atoms in total. The normalized spacial score (nSPS) is 13.1. The molecule has 1 saturated carbocycles. The number of anilines is 3. The van der Waals surface area contributed by atoms with Crippen LogP contribution in [0.1, 0.15) is 24.2 Å². The van der Waals surface area contributed by atoms with Gasteiger partial charge in [-0.3, -0.25) is 0 Å². The summed E-state index contributed by atoms with van der Waals surface area (Å²) in [4.78, 5) is 29.3. The monoisotopic (exact) mass is 443 g/mol. The van der Waals surface area contributed by atoms with E-state index in [9.17, 15) is 9.18 Å². The summed E-state index contributed by atoms with van der Waals surface area (Å²) in [5.74, 6) is -0.275. The third-order valence-electron chi connectivity index (χ3n) is 5.40. The molecular weight excluding hydrogens is 421 g/mol. The number of carbonyl (C=O) groups excluding carboxylic acids is 1. The van der Waals surface area contributed by atoms with Gasteiger partial charge in [-0.05, 0) is 63.1 Å². The quantitative estimate of drug-likeness (QED) is 0.406. The summed E-state index contributed by atoms with van der Waals surface area (Å²) in [6, 6.07) is 12.5. The molecule has 0 aliphatic heterocycles. The second-order valence-electron chi connectivity index (χ2n) is 8.06. The molecule has 0 unspecified atom stereocenters. The predicted molar refractivity (Wildman–Crippen MR) is 125 cm³/mol.